The lowest BCUT2D eigenvalue weighted by molar-refractivity contribution is -0.123. The number of carbonyl (C=O) groups is 3. The maximum Gasteiger partial charge on any atom is 0.239 e. The number of nitrogens with zero attached hydrogens (tertiary/aromatic N) is 2. The van der Waals surface area contributed by atoms with E-state index in [2.05, 4.69) is 20.8 Å². The van der Waals surface area contributed by atoms with Crippen molar-refractivity contribution in [2.45, 2.75) is 24.9 Å². The van der Waals surface area contributed by atoms with Gasteiger partial charge in [0.25, 0.3) is 0 Å². The topological polar surface area (TPSA) is 66.9 Å². The fraction of sp³-hybridized carbons (Fsp3) is 0.348. The Morgan fingerprint density at radius 3 is 2.50 bits per heavy atom. The van der Waals surface area contributed by atoms with Gasteiger partial charge in [-0.05, 0) is 61.9 Å². The second-order valence-corrected chi connectivity index (χ2v) is 8.94. The van der Waals surface area contributed by atoms with Gasteiger partial charge in [-0.25, -0.2) is 4.90 Å². The summed E-state index contributed by atoms with van der Waals surface area (Å²) in [6, 6.07) is 13.5. The number of carbonyl (C=O) groups excluding carboxylic acids is 3. The van der Waals surface area contributed by atoms with Gasteiger partial charge in [-0.2, -0.15) is 0 Å². The second-order valence-electron chi connectivity index (χ2n) is 8.03. The van der Waals surface area contributed by atoms with E-state index in [-0.39, 0.29) is 23.6 Å². The smallest absolute Gasteiger partial charge is 0.239 e. The molecule has 0 saturated carbocycles. The maximum atomic E-state index is 13.5. The number of hydrogen-bond acceptors (Lipinski definition) is 5. The highest BCUT2D eigenvalue weighted by molar-refractivity contribution is 9.10. The number of benzene rings is 2. The molecule has 0 radical (unpaired) electrons. The van der Waals surface area contributed by atoms with Gasteiger partial charge in [0.1, 0.15) is 5.75 Å². The minimum absolute atomic E-state index is 0.0594. The predicted molar refractivity (Wildman–Crippen MR) is 114 cm³/mol. The lowest BCUT2D eigenvalue weighted by atomic mass is 9.85. The SMILES string of the molecule is COc1ccc(C(=O)[C@@H]2[C@@H]3C(=O)N(c4cccc(Br)c4)C(=O)[C@@H]3[C@H]3CCCN32)cc1. The van der Waals surface area contributed by atoms with Gasteiger partial charge in [-0.3, -0.25) is 19.3 Å². The van der Waals surface area contributed by atoms with Gasteiger partial charge >= 0.3 is 0 Å². The number of halogens is 1. The summed E-state index contributed by atoms with van der Waals surface area (Å²) in [5.41, 5.74) is 1.09. The minimum Gasteiger partial charge on any atom is -0.497 e. The summed E-state index contributed by atoms with van der Waals surface area (Å²) in [5, 5.41) is 0. The van der Waals surface area contributed by atoms with Crippen LogP contribution in [0.25, 0.3) is 0 Å². The van der Waals surface area contributed by atoms with Gasteiger partial charge < -0.3 is 4.74 Å². The minimum atomic E-state index is -0.642. The highest BCUT2D eigenvalue weighted by atomic mass is 79.9. The number of fused-ring (bicyclic) bond motifs is 3. The molecule has 0 spiro atoms. The first-order valence-corrected chi connectivity index (χ1v) is 10.9. The van der Waals surface area contributed by atoms with Crippen LogP contribution in [0.4, 0.5) is 5.69 Å². The molecule has 0 aliphatic carbocycles. The number of hydrogen-bond donors (Lipinski definition) is 0. The predicted octanol–water partition coefficient (Wildman–Crippen LogP) is 3.29. The molecule has 5 rings (SSSR count). The standard InChI is InChI=1S/C23H21BrN2O4/c1-30-16-9-7-13(8-10-16)21(27)20-19-18(17-6-3-11-25(17)20)22(28)26(23(19)29)15-5-2-4-14(24)12-15/h2,4-5,7-10,12,17-20H,3,6,11H2,1H3/t17-,18-,19-,20+/m1/s1. The quantitative estimate of drug-likeness (QED) is 0.508. The highest BCUT2D eigenvalue weighted by Crippen LogP contribution is 2.48. The summed E-state index contributed by atoms with van der Waals surface area (Å²) in [4.78, 5) is 43.7. The molecule has 4 atom stereocenters. The molecule has 0 bridgehead atoms. The molecule has 0 N–H and O–H groups in total. The van der Waals surface area contributed by atoms with Gasteiger partial charge in [-0.15, -0.1) is 0 Å². The van der Waals surface area contributed by atoms with E-state index in [0.29, 0.717) is 17.0 Å². The maximum absolute atomic E-state index is 13.5. The number of methoxy groups -OCH3 is 1. The molecule has 2 aromatic rings. The van der Waals surface area contributed by atoms with E-state index in [1.165, 1.54) is 4.90 Å². The van der Waals surface area contributed by atoms with E-state index in [9.17, 15) is 14.4 Å². The van der Waals surface area contributed by atoms with Crippen molar-refractivity contribution >= 4 is 39.2 Å². The summed E-state index contributed by atoms with van der Waals surface area (Å²) < 4.78 is 5.98. The molecule has 154 valence electrons. The monoisotopic (exact) mass is 468 g/mol. The van der Waals surface area contributed by atoms with Crippen LogP contribution in [0.15, 0.2) is 53.0 Å². The van der Waals surface area contributed by atoms with Gasteiger partial charge in [0.15, 0.2) is 5.78 Å². The molecule has 30 heavy (non-hydrogen) atoms. The van der Waals surface area contributed by atoms with Crippen LogP contribution in [0.2, 0.25) is 0 Å². The van der Waals surface area contributed by atoms with Crippen LogP contribution in [0.5, 0.6) is 5.75 Å². The highest BCUT2D eigenvalue weighted by Gasteiger charge is 2.64. The number of Topliss-reactive ketones (excluding diaryl/α,β-unsaturated/α-hetero) is 1. The number of imide groups is 1. The van der Waals surface area contributed by atoms with Crippen molar-refractivity contribution < 1.29 is 19.1 Å². The lowest BCUT2D eigenvalue weighted by Crippen LogP contribution is -2.46. The van der Waals surface area contributed by atoms with Crippen molar-refractivity contribution in [3.8, 4) is 5.75 Å². The summed E-state index contributed by atoms with van der Waals surface area (Å²) in [5.74, 6) is -1.01. The zero-order chi connectivity index (χ0) is 21.0. The van der Waals surface area contributed by atoms with Crippen molar-refractivity contribution in [3.63, 3.8) is 0 Å². The Balaban J connectivity index is 1.53. The van der Waals surface area contributed by atoms with E-state index in [0.717, 1.165) is 23.9 Å². The largest absolute Gasteiger partial charge is 0.497 e. The Labute approximate surface area is 182 Å². The fourth-order valence-electron chi connectivity index (χ4n) is 5.31. The van der Waals surface area contributed by atoms with Crippen LogP contribution in [0.3, 0.4) is 0 Å². The molecule has 3 aliphatic rings. The van der Waals surface area contributed by atoms with Crippen molar-refractivity contribution in [3.05, 3.63) is 58.6 Å². The summed E-state index contributed by atoms with van der Waals surface area (Å²) >= 11 is 3.41. The van der Waals surface area contributed by atoms with E-state index >= 15 is 0 Å². The van der Waals surface area contributed by atoms with Crippen molar-refractivity contribution in [1.29, 1.82) is 0 Å². The number of ether oxygens (including phenoxy) is 1. The normalized spacial score (nSPS) is 28.0. The molecule has 3 heterocycles. The Hall–Kier alpha value is -2.51. The first kappa shape index (κ1) is 19.5. The van der Waals surface area contributed by atoms with Gasteiger partial charge in [0.05, 0.1) is 30.7 Å². The molecule has 7 heteroatoms. The third-order valence-electron chi connectivity index (χ3n) is 6.56. The Morgan fingerprint density at radius 1 is 1.07 bits per heavy atom. The fourth-order valence-corrected chi connectivity index (χ4v) is 5.70. The molecule has 0 unspecified atom stereocenters. The molecule has 2 amide bonds. The van der Waals surface area contributed by atoms with Crippen LogP contribution >= 0.6 is 15.9 Å². The summed E-state index contributed by atoms with van der Waals surface area (Å²) in [6.45, 7) is 0.738. The van der Waals surface area contributed by atoms with E-state index in [1.807, 2.05) is 6.07 Å². The van der Waals surface area contributed by atoms with E-state index in [4.69, 9.17) is 4.74 Å². The molecule has 3 aliphatic heterocycles. The lowest BCUT2D eigenvalue weighted by Gasteiger charge is -2.27. The van der Waals surface area contributed by atoms with Crippen molar-refractivity contribution in [2.24, 2.45) is 11.8 Å². The Morgan fingerprint density at radius 2 is 1.80 bits per heavy atom. The Kier molecular flexibility index (Phi) is 4.75. The second kappa shape index (κ2) is 7.32. The zero-order valence-electron chi connectivity index (χ0n) is 16.5. The van der Waals surface area contributed by atoms with E-state index < -0.39 is 17.9 Å². The molecular formula is C23H21BrN2O4. The average Bonchev–Trinajstić information content (AvgIpc) is 3.39. The van der Waals surface area contributed by atoms with Crippen LogP contribution < -0.4 is 9.64 Å². The van der Waals surface area contributed by atoms with Gasteiger partial charge in [-0.1, -0.05) is 22.0 Å². The Bertz CT molecular complexity index is 1040. The first-order chi connectivity index (χ1) is 14.5. The molecule has 0 aromatic heterocycles. The van der Waals surface area contributed by atoms with Crippen molar-refractivity contribution in [2.75, 3.05) is 18.6 Å². The molecular weight excluding hydrogens is 448 g/mol. The van der Waals surface area contributed by atoms with Crippen LogP contribution in [0.1, 0.15) is 23.2 Å². The van der Waals surface area contributed by atoms with Gasteiger partial charge in [0.2, 0.25) is 11.8 Å². The molecule has 6 nitrogen and oxygen atoms in total. The molecule has 2 aromatic carbocycles. The third kappa shape index (κ3) is 2.83. The molecule has 3 fully saturated rings. The van der Waals surface area contributed by atoms with Crippen molar-refractivity contribution in [1.82, 2.24) is 4.90 Å². The van der Waals surface area contributed by atoms with Gasteiger partial charge in [0, 0.05) is 16.1 Å². The van der Waals surface area contributed by atoms with Crippen LogP contribution in [-0.4, -0.2) is 48.2 Å². The van der Waals surface area contributed by atoms with E-state index in [1.54, 1.807) is 49.6 Å². The number of amides is 2. The number of anilines is 1. The number of ketones is 1. The number of rotatable bonds is 4. The third-order valence-corrected chi connectivity index (χ3v) is 7.05. The summed E-state index contributed by atoms with van der Waals surface area (Å²) in [7, 11) is 1.58. The summed E-state index contributed by atoms with van der Waals surface area (Å²) in [6.07, 6.45) is 1.76. The first-order valence-electron chi connectivity index (χ1n) is 10.1. The average molecular weight is 469 g/mol. The molecule has 3 saturated heterocycles. The van der Waals surface area contributed by atoms with Crippen LogP contribution in [-0.2, 0) is 9.59 Å². The zero-order valence-corrected chi connectivity index (χ0v) is 18.0. The van der Waals surface area contributed by atoms with Crippen LogP contribution in [0, 0.1) is 11.8 Å².